The van der Waals surface area contributed by atoms with E-state index in [1.54, 1.807) is 23.0 Å². The van der Waals surface area contributed by atoms with Crippen LogP contribution < -0.4 is 21.1 Å². The van der Waals surface area contributed by atoms with E-state index < -0.39 is 5.91 Å². The molecule has 38 heavy (non-hydrogen) atoms. The molecule has 0 radical (unpaired) electrons. The molecule has 1 fully saturated rings. The summed E-state index contributed by atoms with van der Waals surface area (Å²) in [5, 5.41) is 28.4. The van der Waals surface area contributed by atoms with Gasteiger partial charge in [0, 0.05) is 23.1 Å². The maximum absolute atomic E-state index is 12.2. The average Bonchev–Trinajstić information content (AvgIpc) is 3.69. The number of carbonyl (C=O) groups is 2. The van der Waals surface area contributed by atoms with Crippen LogP contribution in [0.4, 0.5) is 17.2 Å². The molecule has 0 bridgehead atoms. The number of aromatic nitrogens is 4. The van der Waals surface area contributed by atoms with Crippen molar-refractivity contribution in [3.63, 3.8) is 0 Å². The molecule has 1 aromatic carbocycles. The molecule has 1 unspecified atom stereocenters. The normalized spacial score (nSPS) is 13.4. The highest BCUT2D eigenvalue weighted by atomic mass is 16.5. The Balaban J connectivity index is 1.72. The topological polar surface area (TPSA) is 161 Å². The van der Waals surface area contributed by atoms with Gasteiger partial charge in [-0.05, 0) is 31.7 Å². The van der Waals surface area contributed by atoms with Gasteiger partial charge in [0.25, 0.3) is 5.91 Å². The van der Waals surface area contributed by atoms with E-state index in [0.29, 0.717) is 28.3 Å². The van der Waals surface area contributed by atoms with Crippen LogP contribution in [0.15, 0.2) is 30.5 Å². The number of anilines is 3. The number of nitrogens with two attached hydrogens (primary N) is 1. The largest absolute Gasteiger partial charge is 0.494 e. The average molecular weight is 517 g/mol. The van der Waals surface area contributed by atoms with Gasteiger partial charge in [0.2, 0.25) is 5.91 Å². The number of carbonyl (C=O) groups excluding carboxylic acids is 2. The number of nitriles is 1. The molecule has 2 aromatic heterocycles. The van der Waals surface area contributed by atoms with Crippen molar-refractivity contribution < 1.29 is 14.3 Å². The molecule has 1 aliphatic carbocycles. The Morgan fingerprint density at radius 3 is 2.66 bits per heavy atom. The summed E-state index contributed by atoms with van der Waals surface area (Å²) < 4.78 is 7.57. The fourth-order valence-electron chi connectivity index (χ4n) is 4.40. The quantitative estimate of drug-likeness (QED) is 0.316. The van der Waals surface area contributed by atoms with Crippen molar-refractivity contribution in [1.29, 1.82) is 5.26 Å². The van der Waals surface area contributed by atoms with Crippen molar-refractivity contribution in [2.75, 3.05) is 17.7 Å². The summed E-state index contributed by atoms with van der Waals surface area (Å²) in [5.74, 6) is -0.288. The number of hydrogen-bond donors (Lipinski definition) is 3. The van der Waals surface area contributed by atoms with Crippen LogP contribution in [0.1, 0.15) is 74.6 Å². The number of methoxy groups -OCH3 is 1. The van der Waals surface area contributed by atoms with Crippen molar-refractivity contribution in [3.05, 3.63) is 41.9 Å². The second kappa shape index (κ2) is 11.7. The zero-order valence-corrected chi connectivity index (χ0v) is 21.8. The van der Waals surface area contributed by atoms with Gasteiger partial charge in [-0.1, -0.05) is 38.8 Å². The Morgan fingerprint density at radius 1 is 1.24 bits per heavy atom. The van der Waals surface area contributed by atoms with Crippen molar-refractivity contribution in [2.45, 2.75) is 58.4 Å². The van der Waals surface area contributed by atoms with Crippen LogP contribution in [0, 0.1) is 17.2 Å². The number of benzene rings is 1. The standard InChI is InChI=1S/C27H32N8O3/c1-4-6-8-17(5-2)35-22(14-28)19(15-30-35)18-9-7-10-20(25(18)38-3)31-21-13-23(32-27(37)16-11-12-16)33-34-24(21)26(29)36/h7,9-10,13,15-17H,4-6,8,11-12H2,1-3H3,(H2,29,36)(H2,31,32,33,37). The Bertz CT molecular complexity index is 1370. The zero-order valence-electron chi connectivity index (χ0n) is 21.8. The number of rotatable bonds is 12. The third-order valence-corrected chi connectivity index (χ3v) is 6.61. The molecular weight excluding hydrogens is 484 g/mol. The molecule has 11 heteroatoms. The molecule has 0 saturated heterocycles. The van der Waals surface area contributed by atoms with Crippen LogP contribution in [0.5, 0.6) is 5.75 Å². The van der Waals surface area contributed by atoms with Gasteiger partial charge in [-0.15, -0.1) is 10.2 Å². The molecule has 198 valence electrons. The number of para-hydroxylation sites is 1. The summed E-state index contributed by atoms with van der Waals surface area (Å²) in [6.45, 7) is 4.23. The van der Waals surface area contributed by atoms with Crippen molar-refractivity contribution >= 4 is 29.0 Å². The van der Waals surface area contributed by atoms with Crippen LogP contribution in [0.25, 0.3) is 11.1 Å². The molecular formula is C27H32N8O3. The van der Waals surface area contributed by atoms with Gasteiger partial charge < -0.3 is 21.1 Å². The van der Waals surface area contributed by atoms with E-state index in [-0.39, 0.29) is 35.1 Å². The van der Waals surface area contributed by atoms with Crippen LogP contribution in [-0.2, 0) is 4.79 Å². The highest BCUT2D eigenvalue weighted by Crippen LogP contribution is 2.40. The predicted molar refractivity (Wildman–Crippen MR) is 143 cm³/mol. The van der Waals surface area contributed by atoms with Crippen molar-refractivity contribution in [2.24, 2.45) is 11.7 Å². The van der Waals surface area contributed by atoms with Crippen LogP contribution in [-0.4, -0.2) is 38.9 Å². The third kappa shape index (κ3) is 5.59. The first-order valence-electron chi connectivity index (χ1n) is 12.8. The van der Waals surface area contributed by atoms with Gasteiger partial charge in [-0.3, -0.25) is 14.3 Å². The van der Waals surface area contributed by atoms with Crippen molar-refractivity contribution in [1.82, 2.24) is 20.0 Å². The molecule has 4 N–H and O–H groups in total. The minimum absolute atomic E-state index is 0.0228. The maximum Gasteiger partial charge on any atom is 0.271 e. The smallest absolute Gasteiger partial charge is 0.271 e. The van der Waals surface area contributed by atoms with Gasteiger partial charge in [-0.2, -0.15) is 10.4 Å². The van der Waals surface area contributed by atoms with Gasteiger partial charge in [0.1, 0.15) is 17.5 Å². The zero-order chi connectivity index (χ0) is 27.2. The lowest BCUT2D eigenvalue weighted by molar-refractivity contribution is -0.117. The Hall–Kier alpha value is -4.46. The summed E-state index contributed by atoms with van der Waals surface area (Å²) in [6.07, 6.45) is 7.28. The summed E-state index contributed by atoms with van der Waals surface area (Å²) >= 11 is 0. The molecule has 1 atom stereocenters. The molecule has 2 heterocycles. The monoisotopic (exact) mass is 516 g/mol. The molecule has 4 rings (SSSR count). The highest BCUT2D eigenvalue weighted by Gasteiger charge is 2.30. The van der Waals surface area contributed by atoms with Gasteiger partial charge in [-0.25, -0.2) is 0 Å². The summed E-state index contributed by atoms with van der Waals surface area (Å²) in [5.41, 5.74) is 7.98. The first-order chi connectivity index (χ1) is 18.4. The molecule has 1 saturated carbocycles. The molecule has 0 aliphatic heterocycles. The van der Waals surface area contributed by atoms with E-state index in [1.165, 1.54) is 13.2 Å². The second-order valence-corrected chi connectivity index (χ2v) is 9.30. The van der Waals surface area contributed by atoms with E-state index in [0.717, 1.165) is 38.5 Å². The Labute approximate surface area is 221 Å². The first-order valence-corrected chi connectivity index (χ1v) is 12.8. The Kier molecular flexibility index (Phi) is 8.21. The number of hydrogen-bond acceptors (Lipinski definition) is 8. The lowest BCUT2D eigenvalue weighted by atomic mass is 10.0. The van der Waals surface area contributed by atoms with E-state index in [2.05, 4.69) is 45.8 Å². The predicted octanol–water partition coefficient (Wildman–Crippen LogP) is 4.55. The Morgan fingerprint density at radius 2 is 2.03 bits per heavy atom. The minimum atomic E-state index is -0.777. The van der Waals surface area contributed by atoms with Crippen LogP contribution in [0.2, 0.25) is 0 Å². The molecule has 0 spiro atoms. The van der Waals surface area contributed by atoms with E-state index >= 15 is 0 Å². The lowest BCUT2D eigenvalue weighted by Gasteiger charge is -2.18. The minimum Gasteiger partial charge on any atom is -0.494 e. The fourth-order valence-corrected chi connectivity index (χ4v) is 4.40. The number of ether oxygens (including phenoxy) is 1. The first kappa shape index (κ1) is 26.6. The third-order valence-electron chi connectivity index (χ3n) is 6.61. The highest BCUT2D eigenvalue weighted by molar-refractivity contribution is 5.99. The molecule has 11 nitrogen and oxygen atoms in total. The number of primary amides is 1. The number of amides is 2. The van der Waals surface area contributed by atoms with E-state index in [1.807, 2.05) is 6.07 Å². The van der Waals surface area contributed by atoms with Gasteiger partial charge in [0.15, 0.2) is 11.5 Å². The van der Waals surface area contributed by atoms with E-state index in [4.69, 9.17) is 10.5 Å². The van der Waals surface area contributed by atoms with E-state index in [9.17, 15) is 14.9 Å². The fraction of sp³-hybridized carbons (Fsp3) is 0.407. The second-order valence-electron chi connectivity index (χ2n) is 9.30. The number of unbranched alkanes of at least 4 members (excludes halogenated alkanes) is 1. The maximum atomic E-state index is 12.2. The van der Waals surface area contributed by atoms with Gasteiger partial charge >= 0.3 is 0 Å². The summed E-state index contributed by atoms with van der Waals surface area (Å²) in [7, 11) is 1.53. The lowest BCUT2D eigenvalue weighted by Crippen LogP contribution is -2.19. The molecule has 1 aliphatic rings. The summed E-state index contributed by atoms with van der Waals surface area (Å²) in [6, 6.07) is 9.38. The molecule has 3 aromatic rings. The number of nitrogens with one attached hydrogen (secondary N) is 2. The SMILES string of the molecule is CCCCC(CC)n1ncc(-c2cccc(Nc3cc(NC(=O)C4CC4)nnc3C(N)=O)c2OC)c1C#N. The van der Waals surface area contributed by atoms with Crippen molar-refractivity contribution in [3.8, 4) is 22.9 Å². The molecule has 2 amide bonds. The number of nitrogens with zero attached hydrogens (tertiary/aromatic N) is 5. The van der Waals surface area contributed by atoms with Crippen LogP contribution in [0.3, 0.4) is 0 Å². The van der Waals surface area contributed by atoms with Gasteiger partial charge in [0.05, 0.1) is 30.7 Å². The van der Waals surface area contributed by atoms with Crippen LogP contribution >= 0.6 is 0 Å². The summed E-state index contributed by atoms with van der Waals surface area (Å²) in [4.78, 5) is 24.3.